The quantitative estimate of drug-likeness (QED) is 0.747. The van der Waals surface area contributed by atoms with Gasteiger partial charge in [0.2, 0.25) is 0 Å². The van der Waals surface area contributed by atoms with Crippen LogP contribution in [0.3, 0.4) is 0 Å². The molecule has 2 rings (SSSR count). The fourth-order valence-electron chi connectivity index (χ4n) is 4.41. The molecule has 2 aliphatic rings. The summed E-state index contributed by atoms with van der Waals surface area (Å²) in [5.74, 6) is -0.0663. The van der Waals surface area contributed by atoms with E-state index in [2.05, 4.69) is 20.8 Å². The van der Waals surface area contributed by atoms with Crippen molar-refractivity contribution in [2.75, 3.05) is 20.2 Å². The summed E-state index contributed by atoms with van der Waals surface area (Å²) in [5, 5.41) is 0. The number of fused-ring (bicyclic) bond motifs is 2. The summed E-state index contributed by atoms with van der Waals surface area (Å²) in [6.07, 6.45) is 4.54. The number of hydrogen-bond acceptors (Lipinski definition) is 2. The van der Waals surface area contributed by atoms with Gasteiger partial charge in [-0.05, 0) is 11.8 Å². The van der Waals surface area contributed by atoms with Crippen molar-refractivity contribution in [1.29, 1.82) is 0 Å². The molecular formula is C14H26NO2+. The summed E-state index contributed by atoms with van der Waals surface area (Å²) < 4.78 is 4.74. The zero-order chi connectivity index (χ0) is 12.7. The van der Waals surface area contributed by atoms with Crippen molar-refractivity contribution >= 4 is 5.97 Å². The first kappa shape index (κ1) is 12.9. The molecule has 1 saturated heterocycles. The smallest absolute Gasteiger partial charge is 0.311 e. The number of likely N-dealkylation sites (tertiary alicyclic amines) is 1. The zero-order valence-corrected chi connectivity index (χ0v) is 11.6. The SMILES string of the molecule is COC(=O)CC[NH+]1C[C@@]2(C)C[C@H]1CC(C)(C)C2. The largest absolute Gasteiger partial charge is 0.469 e. The van der Waals surface area contributed by atoms with Crippen LogP contribution in [0.5, 0.6) is 0 Å². The molecule has 0 radical (unpaired) electrons. The summed E-state index contributed by atoms with van der Waals surface area (Å²) in [6.45, 7) is 9.38. The van der Waals surface area contributed by atoms with E-state index in [0.29, 0.717) is 17.3 Å². The van der Waals surface area contributed by atoms with Gasteiger partial charge in [0, 0.05) is 18.3 Å². The third-order valence-electron chi connectivity index (χ3n) is 4.55. The normalized spacial score (nSPS) is 39.1. The number of ether oxygens (including phenoxy) is 1. The molecule has 3 nitrogen and oxygen atoms in total. The van der Waals surface area contributed by atoms with Crippen molar-refractivity contribution in [2.45, 2.75) is 52.5 Å². The summed E-state index contributed by atoms with van der Waals surface area (Å²) in [5.41, 5.74) is 0.975. The predicted molar refractivity (Wildman–Crippen MR) is 66.9 cm³/mol. The molecule has 1 unspecified atom stereocenters. The van der Waals surface area contributed by atoms with Crippen LogP contribution < -0.4 is 4.90 Å². The number of carbonyl (C=O) groups is 1. The van der Waals surface area contributed by atoms with E-state index in [9.17, 15) is 4.79 Å². The Morgan fingerprint density at radius 1 is 1.35 bits per heavy atom. The molecule has 0 amide bonds. The van der Waals surface area contributed by atoms with E-state index in [-0.39, 0.29) is 5.97 Å². The first-order valence-electron chi connectivity index (χ1n) is 6.75. The lowest BCUT2D eigenvalue weighted by atomic mass is 9.65. The van der Waals surface area contributed by atoms with E-state index in [1.807, 2.05) is 0 Å². The van der Waals surface area contributed by atoms with Gasteiger partial charge in [0.1, 0.15) is 0 Å². The summed E-state index contributed by atoms with van der Waals surface area (Å²) >= 11 is 0. The van der Waals surface area contributed by atoms with E-state index < -0.39 is 0 Å². The predicted octanol–water partition coefficient (Wildman–Crippen LogP) is 1.03. The number of esters is 1. The zero-order valence-electron chi connectivity index (χ0n) is 11.6. The van der Waals surface area contributed by atoms with E-state index in [0.717, 1.165) is 12.6 Å². The Hall–Kier alpha value is -0.570. The highest BCUT2D eigenvalue weighted by Gasteiger charge is 2.52. The molecule has 1 N–H and O–H groups in total. The van der Waals surface area contributed by atoms with Crippen LogP contribution >= 0.6 is 0 Å². The second-order valence-corrected chi connectivity index (χ2v) is 7.17. The molecule has 3 heteroatoms. The van der Waals surface area contributed by atoms with Gasteiger partial charge in [0.25, 0.3) is 0 Å². The maximum absolute atomic E-state index is 11.2. The number of methoxy groups -OCH3 is 1. The molecule has 1 heterocycles. The lowest BCUT2D eigenvalue weighted by molar-refractivity contribution is -0.914. The molecule has 0 aromatic heterocycles. The average Bonchev–Trinajstić information content (AvgIpc) is 2.43. The van der Waals surface area contributed by atoms with Crippen LogP contribution in [0.15, 0.2) is 0 Å². The summed E-state index contributed by atoms with van der Waals surface area (Å²) in [6, 6.07) is 0.758. The topological polar surface area (TPSA) is 30.7 Å². The first-order valence-corrected chi connectivity index (χ1v) is 6.75. The van der Waals surface area contributed by atoms with Crippen LogP contribution in [0.25, 0.3) is 0 Å². The Morgan fingerprint density at radius 2 is 2.06 bits per heavy atom. The number of quaternary nitrogens is 1. The van der Waals surface area contributed by atoms with E-state index in [1.165, 1.54) is 32.9 Å². The van der Waals surface area contributed by atoms with Crippen molar-refractivity contribution in [3.05, 3.63) is 0 Å². The summed E-state index contributed by atoms with van der Waals surface area (Å²) in [7, 11) is 1.48. The molecule has 1 aliphatic heterocycles. The molecule has 17 heavy (non-hydrogen) atoms. The van der Waals surface area contributed by atoms with Crippen LogP contribution in [-0.4, -0.2) is 32.2 Å². The van der Waals surface area contributed by atoms with E-state index >= 15 is 0 Å². The molecule has 2 bridgehead atoms. The molecule has 98 valence electrons. The van der Waals surface area contributed by atoms with Gasteiger partial charge in [0.15, 0.2) is 0 Å². The molecule has 1 aliphatic carbocycles. The highest BCUT2D eigenvalue weighted by Crippen LogP contribution is 2.47. The van der Waals surface area contributed by atoms with E-state index in [4.69, 9.17) is 4.74 Å². The maximum atomic E-state index is 11.2. The van der Waals surface area contributed by atoms with Crippen molar-refractivity contribution in [2.24, 2.45) is 10.8 Å². The van der Waals surface area contributed by atoms with Gasteiger partial charge >= 0.3 is 5.97 Å². The van der Waals surface area contributed by atoms with Crippen molar-refractivity contribution < 1.29 is 14.4 Å². The molecule has 0 aromatic carbocycles. The van der Waals surface area contributed by atoms with Gasteiger partial charge < -0.3 is 9.64 Å². The van der Waals surface area contributed by atoms with Crippen LogP contribution in [0.2, 0.25) is 0 Å². The van der Waals surface area contributed by atoms with Crippen LogP contribution in [-0.2, 0) is 9.53 Å². The minimum atomic E-state index is -0.0663. The monoisotopic (exact) mass is 240 g/mol. The highest BCUT2D eigenvalue weighted by molar-refractivity contribution is 5.69. The Labute approximate surface area is 105 Å². The molecule has 0 aromatic rings. The Kier molecular flexibility index (Phi) is 3.23. The van der Waals surface area contributed by atoms with Crippen molar-refractivity contribution in [1.82, 2.24) is 0 Å². The summed E-state index contributed by atoms with van der Waals surface area (Å²) in [4.78, 5) is 12.9. The second-order valence-electron chi connectivity index (χ2n) is 7.17. The van der Waals surface area contributed by atoms with Crippen molar-refractivity contribution in [3.8, 4) is 0 Å². The number of rotatable bonds is 3. The Bertz CT molecular complexity index is 313. The third kappa shape index (κ3) is 2.82. The first-order chi connectivity index (χ1) is 7.84. The number of hydrogen-bond donors (Lipinski definition) is 1. The highest BCUT2D eigenvalue weighted by atomic mass is 16.5. The van der Waals surface area contributed by atoms with Gasteiger partial charge in [-0.25, -0.2) is 0 Å². The van der Waals surface area contributed by atoms with Crippen LogP contribution in [0, 0.1) is 10.8 Å². The standard InChI is InChI=1S/C14H25NO2/c1-13(2)7-11-8-14(3,9-13)10-15(11)6-5-12(16)17-4/h11H,5-10H2,1-4H3/p+1/t11-,14+/m1/s1. The Morgan fingerprint density at radius 3 is 2.71 bits per heavy atom. The minimum Gasteiger partial charge on any atom is -0.469 e. The fraction of sp³-hybridized carbons (Fsp3) is 0.929. The molecule has 2 fully saturated rings. The molecule has 3 atom stereocenters. The Balaban J connectivity index is 1.96. The van der Waals surface area contributed by atoms with Gasteiger partial charge in [-0.15, -0.1) is 0 Å². The van der Waals surface area contributed by atoms with Crippen LogP contribution in [0.1, 0.15) is 46.5 Å². The molecular weight excluding hydrogens is 214 g/mol. The average molecular weight is 240 g/mol. The van der Waals surface area contributed by atoms with E-state index in [1.54, 1.807) is 4.90 Å². The number of carbonyl (C=O) groups excluding carboxylic acids is 1. The van der Waals surface area contributed by atoms with Gasteiger partial charge in [0.05, 0.1) is 32.7 Å². The lowest BCUT2D eigenvalue weighted by Crippen LogP contribution is -3.14. The van der Waals surface area contributed by atoms with Crippen molar-refractivity contribution in [3.63, 3.8) is 0 Å². The number of nitrogens with one attached hydrogen (secondary N) is 1. The van der Waals surface area contributed by atoms with Crippen LogP contribution in [0.4, 0.5) is 0 Å². The maximum Gasteiger partial charge on any atom is 0.311 e. The van der Waals surface area contributed by atoms with Gasteiger partial charge in [-0.3, -0.25) is 4.79 Å². The van der Waals surface area contributed by atoms with Gasteiger partial charge in [-0.2, -0.15) is 0 Å². The molecule has 1 saturated carbocycles. The second kappa shape index (κ2) is 4.27. The lowest BCUT2D eigenvalue weighted by Gasteiger charge is -2.37. The fourth-order valence-corrected chi connectivity index (χ4v) is 4.41. The third-order valence-corrected chi connectivity index (χ3v) is 4.55. The molecule has 0 spiro atoms. The van der Waals surface area contributed by atoms with Gasteiger partial charge in [-0.1, -0.05) is 20.8 Å². The minimum absolute atomic E-state index is 0.0663.